The van der Waals surface area contributed by atoms with E-state index >= 15 is 0 Å². The molecule has 15 heavy (non-hydrogen) atoms. The first-order valence-corrected chi connectivity index (χ1v) is 7.27. The predicted molar refractivity (Wildman–Crippen MR) is 70.6 cm³/mol. The van der Waals surface area contributed by atoms with Gasteiger partial charge in [-0.05, 0) is 32.1 Å². The van der Waals surface area contributed by atoms with Crippen LogP contribution in [-0.4, -0.2) is 36.3 Å². The third-order valence-electron chi connectivity index (χ3n) is 3.47. The van der Waals surface area contributed by atoms with Gasteiger partial charge in [0, 0.05) is 23.8 Å². The standard InChI is InChI=1S/C12H27NOS/c1-5-12(6-2,10-14)9-13-8-7-11(3)15-4/h11,13-14H,5-10H2,1-4H3. The summed E-state index contributed by atoms with van der Waals surface area (Å²) in [5.41, 5.74) is 0.0998. The van der Waals surface area contributed by atoms with Crippen molar-refractivity contribution in [1.82, 2.24) is 5.32 Å². The fraction of sp³-hybridized carbons (Fsp3) is 1.00. The SMILES string of the molecule is CCC(CC)(CO)CNCCC(C)SC. The molecule has 0 fully saturated rings. The lowest BCUT2D eigenvalue weighted by Crippen LogP contribution is -2.37. The van der Waals surface area contributed by atoms with Crippen molar-refractivity contribution in [3.05, 3.63) is 0 Å². The molecule has 1 atom stereocenters. The number of hydrogen-bond acceptors (Lipinski definition) is 3. The molecule has 3 heteroatoms. The molecule has 0 aliphatic heterocycles. The van der Waals surface area contributed by atoms with Crippen molar-refractivity contribution in [3.63, 3.8) is 0 Å². The van der Waals surface area contributed by atoms with Crippen LogP contribution in [0.1, 0.15) is 40.0 Å². The zero-order valence-corrected chi connectivity index (χ0v) is 11.5. The van der Waals surface area contributed by atoms with Crippen LogP contribution in [0, 0.1) is 5.41 Å². The van der Waals surface area contributed by atoms with Gasteiger partial charge in [0.2, 0.25) is 0 Å². The van der Waals surface area contributed by atoms with E-state index in [0.717, 1.165) is 31.2 Å². The molecule has 2 nitrogen and oxygen atoms in total. The van der Waals surface area contributed by atoms with Crippen LogP contribution < -0.4 is 5.32 Å². The summed E-state index contributed by atoms with van der Waals surface area (Å²) in [4.78, 5) is 0. The molecular weight excluding hydrogens is 206 g/mol. The van der Waals surface area contributed by atoms with Crippen molar-refractivity contribution in [3.8, 4) is 0 Å². The number of aliphatic hydroxyl groups is 1. The highest BCUT2D eigenvalue weighted by Crippen LogP contribution is 2.24. The average Bonchev–Trinajstić information content (AvgIpc) is 2.30. The van der Waals surface area contributed by atoms with Gasteiger partial charge in [0.25, 0.3) is 0 Å². The minimum absolute atomic E-state index is 0.0998. The highest BCUT2D eigenvalue weighted by Gasteiger charge is 2.24. The predicted octanol–water partition coefficient (Wildman–Crippen LogP) is 2.52. The number of aliphatic hydroxyl groups excluding tert-OH is 1. The Balaban J connectivity index is 3.72. The molecule has 0 saturated carbocycles. The van der Waals surface area contributed by atoms with Gasteiger partial charge in [-0.15, -0.1) is 0 Å². The normalized spacial score (nSPS) is 14.2. The molecule has 0 rings (SSSR count). The molecule has 1 unspecified atom stereocenters. The first-order chi connectivity index (χ1) is 7.14. The molecule has 0 radical (unpaired) electrons. The van der Waals surface area contributed by atoms with E-state index in [4.69, 9.17) is 0 Å². The largest absolute Gasteiger partial charge is 0.396 e. The average molecular weight is 233 g/mol. The minimum Gasteiger partial charge on any atom is -0.396 e. The Morgan fingerprint density at radius 2 is 1.93 bits per heavy atom. The monoisotopic (exact) mass is 233 g/mol. The fourth-order valence-corrected chi connectivity index (χ4v) is 1.91. The van der Waals surface area contributed by atoms with Crippen molar-refractivity contribution >= 4 is 11.8 Å². The van der Waals surface area contributed by atoms with E-state index in [-0.39, 0.29) is 5.41 Å². The second kappa shape index (κ2) is 8.43. The summed E-state index contributed by atoms with van der Waals surface area (Å²) in [5, 5.41) is 13.6. The van der Waals surface area contributed by atoms with Gasteiger partial charge >= 0.3 is 0 Å². The molecule has 0 spiro atoms. The maximum Gasteiger partial charge on any atom is 0.0499 e. The third kappa shape index (κ3) is 5.79. The van der Waals surface area contributed by atoms with Crippen LogP contribution in [0.2, 0.25) is 0 Å². The van der Waals surface area contributed by atoms with E-state index in [2.05, 4.69) is 32.3 Å². The van der Waals surface area contributed by atoms with Crippen LogP contribution in [0.25, 0.3) is 0 Å². The molecule has 0 aromatic rings. The van der Waals surface area contributed by atoms with Crippen LogP contribution in [0.4, 0.5) is 0 Å². The van der Waals surface area contributed by atoms with E-state index in [0.29, 0.717) is 6.61 Å². The maximum absolute atomic E-state index is 9.39. The zero-order chi connectivity index (χ0) is 11.7. The Hall–Kier alpha value is 0.270. The number of nitrogens with one attached hydrogen (secondary N) is 1. The van der Waals surface area contributed by atoms with Crippen molar-refractivity contribution in [2.24, 2.45) is 5.41 Å². The van der Waals surface area contributed by atoms with Crippen molar-refractivity contribution in [2.75, 3.05) is 26.0 Å². The first-order valence-electron chi connectivity index (χ1n) is 5.98. The zero-order valence-electron chi connectivity index (χ0n) is 10.7. The summed E-state index contributed by atoms with van der Waals surface area (Å²) >= 11 is 1.91. The number of hydrogen-bond donors (Lipinski definition) is 2. The lowest BCUT2D eigenvalue weighted by molar-refractivity contribution is 0.113. The molecule has 0 aliphatic carbocycles. The highest BCUT2D eigenvalue weighted by atomic mass is 32.2. The van der Waals surface area contributed by atoms with E-state index < -0.39 is 0 Å². The summed E-state index contributed by atoms with van der Waals surface area (Å²) < 4.78 is 0. The molecule has 0 bridgehead atoms. The van der Waals surface area contributed by atoms with E-state index in [1.54, 1.807) is 0 Å². The Bertz CT molecular complexity index is 140. The molecule has 2 N–H and O–H groups in total. The van der Waals surface area contributed by atoms with Crippen LogP contribution in [0.15, 0.2) is 0 Å². The Labute approximate surface area is 99.2 Å². The highest BCUT2D eigenvalue weighted by molar-refractivity contribution is 7.99. The summed E-state index contributed by atoms with van der Waals surface area (Å²) in [6.07, 6.45) is 5.45. The van der Waals surface area contributed by atoms with E-state index in [9.17, 15) is 5.11 Å². The Morgan fingerprint density at radius 3 is 2.33 bits per heavy atom. The number of rotatable bonds is 9. The van der Waals surface area contributed by atoms with Gasteiger partial charge in [-0.1, -0.05) is 20.8 Å². The van der Waals surface area contributed by atoms with Crippen molar-refractivity contribution in [1.29, 1.82) is 0 Å². The molecule has 0 saturated heterocycles. The minimum atomic E-state index is 0.0998. The lowest BCUT2D eigenvalue weighted by atomic mass is 9.83. The summed E-state index contributed by atoms with van der Waals surface area (Å²) in [7, 11) is 0. The summed E-state index contributed by atoms with van der Waals surface area (Å²) in [5.74, 6) is 0. The van der Waals surface area contributed by atoms with Gasteiger partial charge in [-0.2, -0.15) is 11.8 Å². The Kier molecular flexibility index (Phi) is 8.58. The van der Waals surface area contributed by atoms with Gasteiger partial charge in [0.05, 0.1) is 0 Å². The number of thioether (sulfide) groups is 1. The van der Waals surface area contributed by atoms with Crippen LogP contribution >= 0.6 is 11.8 Å². The quantitative estimate of drug-likeness (QED) is 0.600. The summed E-state index contributed by atoms with van der Waals surface area (Å²) in [6.45, 7) is 8.87. The second-order valence-electron chi connectivity index (χ2n) is 4.38. The molecule has 0 aliphatic rings. The third-order valence-corrected chi connectivity index (χ3v) is 4.51. The van der Waals surface area contributed by atoms with Gasteiger partial charge in [-0.25, -0.2) is 0 Å². The van der Waals surface area contributed by atoms with Gasteiger partial charge < -0.3 is 10.4 Å². The van der Waals surface area contributed by atoms with E-state index in [1.165, 1.54) is 6.42 Å². The van der Waals surface area contributed by atoms with Crippen molar-refractivity contribution in [2.45, 2.75) is 45.3 Å². The van der Waals surface area contributed by atoms with Gasteiger partial charge in [-0.3, -0.25) is 0 Å². The van der Waals surface area contributed by atoms with E-state index in [1.807, 2.05) is 11.8 Å². The molecule has 0 aromatic carbocycles. The molecule has 0 amide bonds. The molecule has 0 aromatic heterocycles. The lowest BCUT2D eigenvalue weighted by Gasteiger charge is -2.29. The Morgan fingerprint density at radius 1 is 1.33 bits per heavy atom. The smallest absolute Gasteiger partial charge is 0.0499 e. The maximum atomic E-state index is 9.39. The van der Waals surface area contributed by atoms with Crippen LogP contribution in [0.3, 0.4) is 0 Å². The first kappa shape index (κ1) is 15.3. The molecule has 0 heterocycles. The van der Waals surface area contributed by atoms with Gasteiger partial charge in [0.15, 0.2) is 0 Å². The van der Waals surface area contributed by atoms with Crippen LogP contribution in [-0.2, 0) is 0 Å². The molecule has 92 valence electrons. The topological polar surface area (TPSA) is 32.3 Å². The van der Waals surface area contributed by atoms with Crippen molar-refractivity contribution < 1.29 is 5.11 Å². The fourth-order valence-electron chi connectivity index (χ4n) is 1.56. The van der Waals surface area contributed by atoms with Crippen LogP contribution in [0.5, 0.6) is 0 Å². The second-order valence-corrected chi connectivity index (χ2v) is 5.65. The summed E-state index contributed by atoms with van der Waals surface area (Å²) in [6, 6.07) is 0. The van der Waals surface area contributed by atoms with Gasteiger partial charge in [0.1, 0.15) is 0 Å². The molecular formula is C12H27NOS.